The van der Waals surface area contributed by atoms with Crippen molar-refractivity contribution in [3.05, 3.63) is 53.6 Å². The molecule has 1 spiro atoms. The Labute approximate surface area is 264 Å². The van der Waals surface area contributed by atoms with Gasteiger partial charge in [0, 0.05) is 35.0 Å². The molecule has 6 rings (SSSR count). The molecule has 10 nitrogen and oxygen atoms in total. The highest BCUT2D eigenvalue weighted by atomic mass is 28.4. The highest BCUT2D eigenvalue weighted by Crippen LogP contribution is 2.60. The molecule has 0 aromatic heterocycles. The Morgan fingerprint density at radius 3 is 2.27 bits per heavy atom. The number of carbonyl (C=O) groups is 3. The van der Waals surface area contributed by atoms with Gasteiger partial charge in [0.1, 0.15) is 0 Å². The molecule has 4 aliphatic rings. The number of fused-ring (bicyclic) bond motifs is 2. The number of anilines is 3. The van der Waals surface area contributed by atoms with Gasteiger partial charge in [-0.15, -0.1) is 0 Å². The number of nitrogens with one attached hydrogen (secondary N) is 4. The third kappa shape index (κ3) is 5.94. The lowest BCUT2D eigenvalue weighted by Gasteiger charge is -2.31. The van der Waals surface area contributed by atoms with E-state index in [2.05, 4.69) is 21.3 Å². The van der Waals surface area contributed by atoms with Crippen LogP contribution in [0, 0.1) is 5.92 Å². The van der Waals surface area contributed by atoms with E-state index < -0.39 is 31.6 Å². The maximum absolute atomic E-state index is 15.9. The van der Waals surface area contributed by atoms with Crippen LogP contribution in [0.5, 0.6) is 0 Å². The summed E-state index contributed by atoms with van der Waals surface area (Å²) in [6.07, 6.45) is 3.03. The molecule has 0 saturated carbocycles. The molecule has 2 aromatic carbocycles. The van der Waals surface area contributed by atoms with E-state index in [-0.39, 0.29) is 49.4 Å². The molecule has 3 amide bonds. The van der Waals surface area contributed by atoms with E-state index in [9.17, 15) is 19.5 Å². The van der Waals surface area contributed by atoms with Crippen LogP contribution in [0.2, 0.25) is 18.6 Å². The molecule has 2 aromatic rings. The zero-order valence-corrected chi connectivity index (χ0v) is 27.2. The van der Waals surface area contributed by atoms with Crippen LogP contribution in [-0.4, -0.2) is 69.1 Å². The number of rotatable bonds is 9. The largest absolute Gasteiger partial charge is 0.396 e. The predicted octanol–water partition coefficient (Wildman–Crippen LogP) is 3.77. The first-order chi connectivity index (χ1) is 21.5. The molecule has 0 radical (unpaired) electrons. The van der Waals surface area contributed by atoms with Crippen LogP contribution in [-0.2, 0) is 31.3 Å². The van der Waals surface area contributed by atoms with Gasteiger partial charge in [-0.1, -0.05) is 19.1 Å². The number of ether oxygens (including phenoxy) is 1. The molecule has 0 unspecified atom stereocenters. The van der Waals surface area contributed by atoms with Gasteiger partial charge in [0.15, 0.2) is 5.60 Å². The summed E-state index contributed by atoms with van der Waals surface area (Å²) in [5.41, 5.74) is 1.23. The molecule has 3 fully saturated rings. The molecule has 45 heavy (non-hydrogen) atoms. The monoisotopic (exact) mass is 637 g/mol. The van der Waals surface area contributed by atoms with Crippen LogP contribution >= 0.6 is 0 Å². The lowest BCUT2D eigenvalue weighted by Crippen LogP contribution is -2.45. The van der Waals surface area contributed by atoms with Gasteiger partial charge in [0.2, 0.25) is 20.2 Å². The zero-order valence-electron chi connectivity index (χ0n) is 26.2. The number of nitrogens with zero attached hydrogens (tertiary/aromatic N) is 1. The topological polar surface area (TPSA) is 132 Å². The Balaban J connectivity index is 1.34. The molecule has 3 saturated heterocycles. The number of amides is 3. The molecule has 242 valence electrons. The number of halogens is 1. The molecular formula is C33H44FN5O5Si. The van der Waals surface area contributed by atoms with Gasteiger partial charge in [-0.2, -0.15) is 0 Å². The van der Waals surface area contributed by atoms with Gasteiger partial charge in [-0.3, -0.25) is 14.4 Å². The molecule has 0 bridgehead atoms. The fraction of sp³-hybridized carbons (Fsp3) is 0.545. The first-order valence-corrected chi connectivity index (χ1v) is 19.1. The van der Waals surface area contributed by atoms with Gasteiger partial charge in [0.25, 0.3) is 5.91 Å². The smallest absolute Gasteiger partial charge is 0.264 e. The fourth-order valence-electron chi connectivity index (χ4n) is 7.88. The van der Waals surface area contributed by atoms with E-state index in [1.165, 1.54) is 0 Å². The summed E-state index contributed by atoms with van der Waals surface area (Å²) in [5.74, 6) is -1.02. The minimum Gasteiger partial charge on any atom is -0.396 e. The van der Waals surface area contributed by atoms with Crippen molar-refractivity contribution >= 4 is 43.2 Å². The van der Waals surface area contributed by atoms with Crippen LogP contribution in [0.1, 0.15) is 50.2 Å². The number of hydrogen-bond acceptors (Lipinski definition) is 7. The maximum atomic E-state index is 15.9. The van der Waals surface area contributed by atoms with Crippen molar-refractivity contribution < 1.29 is 28.3 Å². The zero-order chi connectivity index (χ0) is 31.9. The summed E-state index contributed by atoms with van der Waals surface area (Å²) < 4.78 is 22.6. The minimum atomic E-state index is -3.35. The molecule has 6 atom stereocenters. The number of aliphatic hydroxyl groups excluding tert-OH is 1. The SMILES string of the molecule is C[C@@H]1[C@@H]([Si](C)(C)F)[C@H](CCO)O[C@@]12C(=O)N(Cc1cccc(NC(=O)[C@H]3CCCN3)c1)c1ccc(NC(=O)[C@H]3CCCN3)cc12. The van der Waals surface area contributed by atoms with E-state index in [0.717, 1.165) is 44.3 Å². The maximum Gasteiger partial charge on any atom is 0.264 e. The Kier molecular flexibility index (Phi) is 8.88. The lowest BCUT2D eigenvalue weighted by atomic mass is 9.82. The van der Waals surface area contributed by atoms with Crippen LogP contribution < -0.4 is 26.2 Å². The quantitative estimate of drug-likeness (QED) is 0.209. The first-order valence-electron chi connectivity index (χ1n) is 16.1. The number of hydrogen-bond donors (Lipinski definition) is 5. The lowest BCUT2D eigenvalue weighted by molar-refractivity contribution is -0.146. The van der Waals surface area contributed by atoms with Gasteiger partial charge in [-0.25, -0.2) is 0 Å². The van der Waals surface area contributed by atoms with Gasteiger partial charge in [-0.05, 0) is 94.2 Å². The van der Waals surface area contributed by atoms with E-state index in [0.29, 0.717) is 22.6 Å². The summed E-state index contributed by atoms with van der Waals surface area (Å²) >= 11 is 0. The van der Waals surface area contributed by atoms with E-state index in [4.69, 9.17) is 4.74 Å². The third-order valence-corrected chi connectivity index (χ3v) is 12.4. The summed E-state index contributed by atoms with van der Waals surface area (Å²) in [6.45, 7) is 6.77. The summed E-state index contributed by atoms with van der Waals surface area (Å²) in [5, 5.41) is 22.3. The second-order valence-corrected chi connectivity index (χ2v) is 17.2. The summed E-state index contributed by atoms with van der Waals surface area (Å²) in [6, 6.07) is 12.3. The van der Waals surface area contributed by atoms with Crippen molar-refractivity contribution in [2.24, 2.45) is 5.92 Å². The Hall–Kier alpha value is -3.16. The molecule has 4 aliphatic heterocycles. The van der Waals surface area contributed by atoms with E-state index in [1.807, 2.05) is 37.3 Å². The first kappa shape index (κ1) is 31.8. The fourth-order valence-corrected chi connectivity index (χ4v) is 10.4. The van der Waals surface area contributed by atoms with Gasteiger partial charge >= 0.3 is 0 Å². The number of carbonyl (C=O) groups excluding carboxylic acids is 3. The minimum absolute atomic E-state index is 0.0827. The highest BCUT2D eigenvalue weighted by molar-refractivity contribution is 6.72. The molecule has 5 N–H and O–H groups in total. The average Bonchev–Trinajstić information content (AvgIpc) is 3.80. The number of benzene rings is 2. The standard InChI is InChI=1S/C33H44FN5O5Si/c1-20-29(45(2,3)34)28(13-16-40)44-33(20)24-18-23(38-31(42)26-10-6-15-36-26)11-12-27(24)39(32(33)43)19-21-7-4-8-22(17-21)37-30(41)25-9-5-14-35-25/h4,7-8,11-12,17-18,20,25-26,28-29,35-36,40H,5-6,9-10,13-16,19H2,1-3H3,(H,37,41)(H,38,42)/t20-,25-,26-,28+,29-,33+/m1/s1. The van der Waals surface area contributed by atoms with Crippen molar-refractivity contribution in [2.45, 2.75) is 88.0 Å². The third-order valence-electron chi connectivity index (χ3n) is 9.93. The normalized spacial score (nSPS) is 29.4. The van der Waals surface area contributed by atoms with Crippen LogP contribution in [0.3, 0.4) is 0 Å². The predicted molar refractivity (Wildman–Crippen MR) is 173 cm³/mol. The molecule has 12 heteroatoms. The van der Waals surface area contributed by atoms with Crippen molar-refractivity contribution in [1.82, 2.24) is 10.6 Å². The molecular weight excluding hydrogens is 593 g/mol. The van der Waals surface area contributed by atoms with Crippen LogP contribution in [0.25, 0.3) is 0 Å². The summed E-state index contributed by atoms with van der Waals surface area (Å²) in [7, 11) is -3.35. The number of aliphatic hydroxyl groups is 1. The summed E-state index contributed by atoms with van der Waals surface area (Å²) in [4.78, 5) is 42.1. The Morgan fingerprint density at radius 1 is 1.04 bits per heavy atom. The Bertz CT molecular complexity index is 1460. The Morgan fingerprint density at radius 2 is 1.69 bits per heavy atom. The van der Waals surface area contributed by atoms with Crippen molar-refractivity contribution in [3.63, 3.8) is 0 Å². The van der Waals surface area contributed by atoms with Crippen molar-refractivity contribution in [1.29, 1.82) is 0 Å². The second-order valence-electron chi connectivity index (χ2n) is 13.4. The van der Waals surface area contributed by atoms with Crippen molar-refractivity contribution in [3.8, 4) is 0 Å². The van der Waals surface area contributed by atoms with E-state index >= 15 is 4.11 Å². The molecule has 0 aliphatic carbocycles. The van der Waals surface area contributed by atoms with Crippen molar-refractivity contribution in [2.75, 3.05) is 35.2 Å². The van der Waals surface area contributed by atoms with Crippen LogP contribution in [0.15, 0.2) is 42.5 Å². The second kappa shape index (κ2) is 12.6. The van der Waals surface area contributed by atoms with Crippen LogP contribution in [0.4, 0.5) is 21.2 Å². The average molecular weight is 638 g/mol. The van der Waals surface area contributed by atoms with Gasteiger partial charge < -0.3 is 40.1 Å². The highest BCUT2D eigenvalue weighted by Gasteiger charge is 2.66. The van der Waals surface area contributed by atoms with E-state index in [1.54, 1.807) is 30.1 Å². The van der Waals surface area contributed by atoms with Gasteiger partial charge in [0.05, 0.1) is 30.4 Å². The molecule has 4 heterocycles.